The normalized spacial score (nSPS) is 20.1. The van der Waals surface area contributed by atoms with E-state index in [1.165, 1.54) is 44.2 Å². The average molecular weight is 607 g/mol. The molecule has 0 N–H and O–H groups in total. The number of fused-ring (bicyclic) bond motifs is 1. The number of anilines is 1. The molecule has 2 aromatic carbocycles. The predicted octanol–water partition coefficient (Wildman–Crippen LogP) is 3.56. The van der Waals surface area contributed by atoms with Crippen molar-refractivity contribution in [1.82, 2.24) is 14.1 Å². The van der Waals surface area contributed by atoms with Crippen molar-refractivity contribution in [3.8, 4) is 0 Å². The van der Waals surface area contributed by atoms with Gasteiger partial charge in [-0.1, -0.05) is 17.7 Å². The summed E-state index contributed by atoms with van der Waals surface area (Å²) in [4.78, 5) is 2.47. The molecule has 1 aromatic heterocycles. The van der Waals surface area contributed by atoms with E-state index < -0.39 is 37.3 Å². The summed E-state index contributed by atoms with van der Waals surface area (Å²) in [6.45, 7) is 3.67. The number of ether oxygens (including phenoxy) is 1. The molecule has 5 rings (SSSR count). The van der Waals surface area contributed by atoms with Crippen LogP contribution in [0.1, 0.15) is 13.8 Å². The number of sulfone groups is 1. The van der Waals surface area contributed by atoms with Gasteiger partial charge in [0.1, 0.15) is 6.04 Å². The lowest BCUT2D eigenvalue weighted by Gasteiger charge is -2.47. The Morgan fingerprint density at radius 1 is 1.00 bits per heavy atom. The number of benzene rings is 2. The number of nitrogens with zero attached hydrogens (tertiary/aromatic N) is 4. The maximum Gasteiger partial charge on any atom is 0.410 e. The van der Waals surface area contributed by atoms with Crippen LogP contribution in [0.2, 0.25) is 5.02 Å². The third-order valence-electron chi connectivity index (χ3n) is 7.10. The zero-order chi connectivity index (χ0) is 28.3. The molecule has 3 heterocycles. The summed E-state index contributed by atoms with van der Waals surface area (Å²) in [5.74, 6) is -0.190. The summed E-state index contributed by atoms with van der Waals surface area (Å²) in [5.41, 5.74) is 0.00660. The molecule has 0 aliphatic carbocycles. The summed E-state index contributed by atoms with van der Waals surface area (Å²) >= 11 is 6.41. The monoisotopic (exact) mass is 606 g/mol. The maximum absolute atomic E-state index is 14.3. The summed E-state index contributed by atoms with van der Waals surface area (Å²) < 4.78 is 101. The molecule has 0 amide bonds. The van der Waals surface area contributed by atoms with Crippen molar-refractivity contribution in [2.75, 3.05) is 37.7 Å². The van der Waals surface area contributed by atoms with Crippen LogP contribution in [0.4, 0.5) is 19.0 Å². The second-order valence-corrected chi connectivity index (χ2v) is 14.5. The molecule has 0 bridgehead atoms. The number of hydrogen-bond donors (Lipinski definition) is 0. The highest BCUT2D eigenvalue weighted by Crippen LogP contribution is 2.39. The highest BCUT2D eigenvalue weighted by atomic mass is 35.5. The van der Waals surface area contributed by atoms with Gasteiger partial charge in [-0.2, -0.15) is 25.7 Å². The SMILES string of the molecule is CC(C)S(=O)(=O)c1ccc(S(=O)(=O)n2nc(N3CCN(C4COC4)CC3C(F)(F)F)c3c(Cl)cccc32)cc1. The van der Waals surface area contributed by atoms with E-state index in [9.17, 15) is 30.0 Å². The van der Waals surface area contributed by atoms with Gasteiger partial charge in [0.05, 0.1) is 50.2 Å². The first-order valence-corrected chi connectivity index (χ1v) is 15.5. The van der Waals surface area contributed by atoms with Gasteiger partial charge in [-0.05, 0) is 50.2 Å². The van der Waals surface area contributed by atoms with Crippen LogP contribution in [0.25, 0.3) is 10.9 Å². The highest BCUT2D eigenvalue weighted by Gasteiger charge is 2.49. The Balaban J connectivity index is 1.59. The first-order valence-electron chi connectivity index (χ1n) is 12.1. The Bertz CT molecular complexity index is 1600. The number of halogens is 4. The van der Waals surface area contributed by atoms with E-state index >= 15 is 0 Å². The van der Waals surface area contributed by atoms with Crippen LogP contribution in [-0.2, 0) is 24.6 Å². The molecular weight excluding hydrogens is 581 g/mol. The lowest BCUT2D eigenvalue weighted by molar-refractivity contribution is -0.165. The van der Waals surface area contributed by atoms with Crippen molar-refractivity contribution in [3.63, 3.8) is 0 Å². The molecule has 15 heteroatoms. The van der Waals surface area contributed by atoms with E-state index in [1.54, 1.807) is 4.90 Å². The molecule has 2 fully saturated rings. The molecule has 3 aromatic rings. The van der Waals surface area contributed by atoms with Gasteiger partial charge in [-0.15, -0.1) is 5.10 Å². The highest BCUT2D eigenvalue weighted by molar-refractivity contribution is 7.92. The lowest BCUT2D eigenvalue weighted by Crippen LogP contribution is -2.64. The van der Waals surface area contributed by atoms with Crippen LogP contribution in [-0.4, -0.2) is 87.3 Å². The molecule has 1 unspecified atom stereocenters. The molecule has 0 radical (unpaired) electrons. The Labute approximate surface area is 229 Å². The van der Waals surface area contributed by atoms with Gasteiger partial charge < -0.3 is 9.64 Å². The van der Waals surface area contributed by atoms with Crippen LogP contribution in [0.5, 0.6) is 0 Å². The molecule has 2 aliphatic rings. The Kier molecular flexibility index (Phi) is 7.15. The van der Waals surface area contributed by atoms with Crippen molar-refractivity contribution in [1.29, 1.82) is 0 Å². The van der Waals surface area contributed by atoms with E-state index in [4.69, 9.17) is 16.3 Å². The largest absolute Gasteiger partial charge is 0.410 e. The molecule has 1 atom stereocenters. The quantitative estimate of drug-likeness (QED) is 0.420. The number of rotatable bonds is 6. The van der Waals surface area contributed by atoms with Gasteiger partial charge in [0.25, 0.3) is 10.0 Å². The second kappa shape index (κ2) is 9.91. The third-order valence-corrected chi connectivity index (χ3v) is 11.2. The van der Waals surface area contributed by atoms with Gasteiger partial charge >= 0.3 is 6.18 Å². The van der Waals surface area contributed by atoms with Crippen LogP contribution < -0.4 is 4.90 Å². The average Bonchev–Trinajstić information content (AvgIpc) is 3.24. The first kappa shape index (κ1) is 28.1. The molecule has 9 nitrogen and oxygen atoms in total. The first-order chi connectivity index (χ1) is 18.2. The molecule has 39 heavy (non-hydrogen) atoms. The van der Waals surface area contributed by atoms with Crippen molar-refractivity contribution >= 4 is 48.2 Å². The third kappa shape index (κ3) is 4.90. The fourth-order valence-electron chi connectivity index (χ4n) is 4.74. The van der Waals surface area contributed by atoms with E-state index in [-0.39, 0.29) is 50.7 Å². The zero-order valence-corrected chi connectivity index (χ0v) is 23.4. The fourth-order valence-corrected chi connectivity index (χ4v) is 7.33. The van der Waals surface area contributed by atoms with Gasteiger partial charge in [0.15, 0.2) is 15.7 Å². The van der Waals surface area contributed by atoms with Crippen LogP contribution >= 0.6 is 11.6 Å². The van der Waals surface area contributed by atoms with E-state index in [0.717, 1.165) is 17.0 Å². The van der Waals surface area contributed by atoms with Crippen molar-refractivity contribution < 1.29 is 34.7 Å². The predicted molar refractivity (Wildman–Crippen MR) is 139 cm³/mol. The second-order valence-electron chi connectivity index (χ2n) is 9.81. The minimum atomic E-state index is -4.63. The number of hydrogen-bond acceptors (Lipinski definition) is 8. The Morgan fingerprint density at radius 3 is 2.21 bits per heavy atom. The Hall–Kier alpha value is -2.39. The minimum absolute atomic E-state index is 0.00660. The summed E-state index contributed by atoms with van der Waals surface area (Å²) in [7, 11) is -8.08. The van der Waals surface area contributed by atoms with Gasteiger partial charge in [-0.3, -0.25) is 4.90 Å². The number of piperazine rings is 1. The molecule has 2 saturated heterocycles. The van der Waals surface area contributed by atoms with E-state index in [1.807, 2.05) is 0 Å². The van der Waals surface area contributed by atoms with E-state index in [0.29, 0.717) is 23.8 Å². The smallest absolute Gasteiger partial charge is 0.378 e. The summed E-state index contributed by atoms with van der Waals surface area (Å²) in [5, 5.41) is 3.62. The molecule has 0 saturated carbocycles. The summed E-state index contributed by atoms with van der Waals surface area (Å²) in [6.07, 6.45) is -4.63. The zero-order valence-electron chi connectivity index (χ0n) is 21.0. The van der Waals surface area contributed by atoms with E-state index in [2.05, 4.69) is 5.10 Å². The fraction of sp³-hybridized carbons (Fsp3) is 0.458. The van der Waals surface area contributed by atoms with Crippen LogP contribution in [0, 0.1) is 0 Å². The van der Waals surface area contributed by atoms with Gasteiger partial charge in [0, 0.05) is 19.6 Å². The van der Waals surface area contributed by atoms with Gasteiger partial charge in [0.2, 0.25) is 0 Å². The van der Waals surface area contributed by atoms with Crippen molar-refractivity contribution in [2.24, 2.45) is 0 Å². The molecular formula is C24H26ClF3N4O5S2. The van der Waals surface area contributed by atoms with Crippen LogP contribution in [0.15, 0.2) is 52.3 Å². The maximum atomic E-state index is 14.3. The standard InChI is InChI=1S/C24H26ClF3N4O5S2/c1-15(2)38(33,34)17-6-8-18(9-7-17)39(35,36)32-20-5-3-4-19(25)22(20)23(29-32)31-11-10-30(16-13-37-14-16)12-21(31)24(26,27)28/h3-9,15-16,21H,10-14H2,1-2H3. The van der Waals surface area contributed by atoms with Crippen molar-refractivity contribution in [3.05, 3.63) is 47.5 Å². The van der Waals surface area contributed by atoms with Crippen LogP contribution in [0.3, 0.4) is 0 Å². The number of alkyl halides is 3. The molecule has 212 valence electrons. The molecule has 2 aliphatic heterocycles. The topological polar surface area (TPSA) is 102 Å². The summed E-state index contributed by atoms with van der Waals surface area (Å²) in [6, 6.07) is 6.96. The Morgan fingerprint density at radius 2 is 1.64 bits per heavy atom. The minimum Gasteiger partial charge on any atom is -0.378 e. The lowest BCUT2D eigenvalue weighted by atomic mass is 10.1. The number of aromatic nitrogens is 2. The van der Waals surface area contributed by atoms with Gasteiger partial charge in [-0.25, -0.2) is 8.42 Å². The molecule has 0 spiro atoms. The van der Waals surface area contributed by atoms with Crippen molar-refractivity contribution in [2.45, 2.75) is 47.1 Å².